The molecule has 0 bridgehead atoms. The van der Waals surface area contributed by atoms with E-state index in [1.807, 2.05) is 13.0 Å². The molecule has 1 aliphatic rings. The summed E-state index contributed by atoms with van der Waals surface area (Å²) in [5.41, 5.74) is 6.95. The van der Waals surface area contributed by atoms with Crippen molar-refractivity contribution < 1.29 is 9.13 Å². The van der Waals surface area contributed by atoms with Gasteiger partial charge in [-0.1, -0.05) is 6.07 Å². The molecule has 1 fully saturated rings. The Morgan fingerprint density at radius 3 is 2.72 bits per heavy atom. The molecule has 0 spiro atoms. The molecule has 1 heterocycles. The molecule has 4 heteroatoms. The zero-order valence-electron chi connectivity index (χ0n) is 10.9. The van der Waals surface area contributed by atoms with Crippen LogP contribution in [0.1, 0.15) is 31.4 Å². The van der Waals surface area contributed by atoms with E-state index in [-0.39, 0.29) is 11.9 Å². The molecule has 0 amide bonds. The third-order valence-corrected chi connectivity index (χ3v) is 3.34. The number of benzene rings is 1. The quantitative estimate of drug-likeness (QED) is 0.874. The topological polar surface area (TPSA) is 38.5 Å². The van der Waals surface area contributed by atoms with Crippen molar-refractivity contribution in [2.45, 2.75) is 25.8 Å². The van der Waals surface area contributed by atoms with Gasteiger partial charge in [0.2, 0.25) is 0 Å². The van der Waals surface area contributed by atoms with Crippen molar-refractivity contribution in [3.05, 3.63) is 29.6 Å². The van der Waals surface area contributed by atoms with Gasteiger partial charge in [-0.05, 0) is 50.6 Å². The molecule has 2 rings (SSSR count). The highest BCUT2D eigenvalue weighted by molar-refractivity contribution is 5.31. The fourth-order valence-corrected chi connectivity index (χ4v) is 2.37. The predicted octanol–water partition coefficient (Wildman–Crippen LogP) is 2.32. The fraction of sp³-hybridized carbons (Fsp3) is 0.571. The maximum Gasteiger partial charge on any atom is 0.165 e. The van der Waals surface area contributed by atoms with Gasteiger partial charge in [0.25, 0.3) is 0 Å². The monoisotopic (exact) mass is 252 g/mol. The summed E-state index contributed by atoms with van der Waals surface area (Å²) in [6, 6.07) is 4.88. The first-order chi connectivity index (χ1) is 8.70. The van der Waals surface area contributed by atoms with Gasteiger partial charge in [0.05, 0.1) is 6.61 Å². The molecule has 2 N–H and O–H groups in total. The second kappa shape index (κ2) is 6.16. The fourth-order valence-electron chi connectivity index (χ4n) is 2.37. The maximum atomic E-state index is 13.7. The number of nitrogens with two attached hydrogens (primary N) is 1. The van der Waals surface area contributed by atoms with E-state index in [9.17, 15) is 4.39 Å². The number of hydrogen-bond acceptors (Lipinski definition) is 3. The van der Waals surface area contributed by atoms with E-state index in [2.05, 4.69) is 4.90 Å². The molecular weight excluding hydrogens is 231 g/mol. The molecule has 100 valence electrons. The van der Waals surface area contributed by atoms with Crippen LogP contribution in [0.2, 0.25) is 0 Å². The second-order valence-corrected chi connectivity index (χ2v) is 4.74. The van der Waals surface area contributed by atoms with Crippen molar-refractivity contribution in [1.82, 2.24) is 4.90 Å². The number of rotatable bonds is 5. The number of nitrogens with zero attached hydrogens (tertiary/aromatic N) is 1. The van der Waals surface area contributed by atoms with E-state index in [1.54, 1.807) is 6.07 Å². The van der Waals surface area contributed by atoms with Gasteiger partial charge in [-0.25, -0.2) is 4.39 Å². The largest absolute Gasteiger partial charge is 0.491 e. The van der Waals surface area contributed by atoms with E-state index < -0.39 is 0 Å². The Labute approximate surface area is 108 Å². The third kappa shape index (κ3) is 3.21. The molecule has 3 nitrogen and oxygen atoms in total. The van der Waals surface area contributed by atoms with Crippen LogP contribution in [0.3, 0.4) is 0 Å². The molecule has 1 atom stereocenters. The molecule has 1 unspecified atom stereocenters. The summed E-state index contributed by atoms with van der Waals surface area (Å²) < 4.78 is 18.9. The van der Waals surface area contributed by atoms with Crippen LogP contribution < -0.4 is 10.5 Å². The molecule has 0 aromatic heterocycles. The summed E-state index contributed by atoms with van der Waals surface area (Å²) in [5.74, 6) is -0.0270. The second-order valence-electron chi connectivity index (χ2n) is 4.74. The standard InChI is InChI=1S/C14H21FN2O/c1-2-18-14-6-5-11(9-12(14)15)13(16)10-17-7-3-4-8-17/h5-6,9,13H,2-4,7-8,10,16H2,1H3. The Morgan fingerprint density at radius 1 is 1.39 bits per heavy atom. The lowest BCUT2D eigenvalue weighted by Gasteiger charge is -2.20. The number of ether oxygens (including phenoxy) is 1. The van der Waals surface area contributed by atoms with E-state index in [0.717, 1.165) is 25.2 Å². The zero-order chi connectivity index (χ0) is 13.0. The Kier molecular flexibility index (Phi) is 4.55. The lowest BCUT2D eigenvalue weighted by atomic mass is 10.1. The minimum absolute atomic E-state index is 0.131. The Hall–Kier alpha value is -1.13. The van der Waals surface area contributed by atoms with Gasteiger partial charge in [0.15, 0.2) is 11.6 Å². The van der Waals surface area contributed by atoms with Crippen LogP contribution in [0.15, 0.2) is 18.2 Å². The van der Waals surface area contributed by atoms with E-state index in [4.69, 9.17) is 10.5 Å². The Morgan fingerprint density at radius 2 is 2.11 bits per heavy atom. The highest BCUT2D eigenvalue weighted by Gasteiger charge is 2.17. The van der Waals surface area contributed by atoms with E-state index >= 15 is 0 Å². The molecule has 0 aliphatic carbocycles. The normalized spacial score (nSPS) is 17.9. The van der Waals surface area contributed by atoms with Gasteiger partial charge in [0.1, 0.15) is 0 Å². The summed E-state index contributed by atoms with van der Waals surface area (Å²) in [5, 5.41) is 0. The zero-order valence-corrected chi connectivity index (χ0v) is 10.9. The molecule has 1 saturated heterocycles. The van der Waals surface area contributed by atoms with Crippen molar-refractivity contribution in [3.63, 3.8) is 0 Å². The van der Waals surface area contributed by atoms with Crippen molar-refractivity contribution in [2.75, 3.05) is 26.2 Å². The van der Waals surface area contributed by atoms with Crippen molar-refractivity contribution >= 4 is 0 Å². The molecule has 0 saturated carbocycles. The summed E-state index contributed by atoms with van der Waals surface area (Å²) >= 11 is 0. The first-order valence-electron chi connectivity index (χ1n) is 6.61. The Balaban J connectivity index is 2.01. The maximum absolute atomic E-state index is 13.7. The van der Waals surface area contributed by atoms with Gasteiger partial charge < -0.3 is 15.4 Å². The summed E-state index contributed by atoms with van der Waals surface area (Å²) in [7, 11) is 0. The molecule has 0 radical (unpaired) electrons. The molecule has 1 aromatic rings. The average molecular weight is 252 g/mol. The van der Waals surface area contributed by atoms with Crippen LogP contribution in [0, 0.1) is 5.82 Å². The minimum atomic E-state index is -0.328. The molecule has 1 aromatic carbocycles. The number of hydrogen-bond donors (Lipinski definition) is 1. The third-order valence-electron chi connectivity index (χ3n) is 3.34. The summed E-state index contributed by atoms with van der Waals surface area (Å²) in [4.78, 5) is 2.33. The molecular formula is C14H21FN2O. The summed E-state index contributed by atoms with van der Waals surface area (Å²) in [6.07, 6.45) is 2.48. The lowest BCUT2D eigenvalue weighted by molar-refractivity contribution is 0.312. The van der Waals surface area contributed by atoms with Crippen molar-refractivity contribution in [2.24, 2.45) is 5.73 Å². The van der Waals surface area contributed by atoms with E-state index in [0.29, 0.717) is 12.4 Å². The van der Waals surface area contributed by atoms with Crippen LogP contribution >= 0.6 is 0 Å². The summed E-state index contributed by atoms with van der Waals surface area (Å²) in [6.45, 7) is 5.32. The van der Waals surface area contributed by atoms with E-state index in [1.165, 1.54) is 18.9 Å². The predicted molar refractivity (Wildman–Crippen MR) is 70.2 cm³/mol. The van der Waals surface area contributed by atoms with Crippen LogP contribution in [0.4, 0.5) is 4.39 Å². The molecule has 1 aliphatic heterocycles. The van der Waals surface area contributed by atoms with Crippen LogP contribution in [0.5, 0.6) is 5.75 Å². The van der Waals surface area contributed by atoms with Crippen molar-refractivity contribution in [1.29, 1.82) is 0 Å². The van der Waals surface area contributed by atoms with Crippen LogP contribution in [0.25, 0.3) is 0 Å². The van der Waals surface area contributed by atoms with Gasteiger partial charge in [0, 0.05) is 12.6 Å². The SMILES string of the molecule is CCOc1ccc(C(N)CN2CCCC2)cc1F. The smallest absolute Gasteiger partial charge is 0.165 e. The number of likely N-dealkylation sites (tertiary alicyclic amines) is 1. The average Bonchev–Trinajstić information content (AvgIpc) is 2.84. The molecule has 18 heavy (non-hydrogen) atoms. The highest BCUT2D eigenvalue weighted by atomic mass is 19.1. The van der Waals surface area contributed by atoms with Crippen LogP contribution in [-0.2, 0) is 0 Å². The lowest BCUT2D eigenvalue weighted by Crippen LogP contribution is -2.29. The first kappa shape index (κ1) is 13.3. The first-order valence-corrected chi connectivity index (χ1v) is 6.61. The number of halogens is 1. The van der Waals surface area contributed by atoms with Gasteiger partial charge in [-0.15, -0.1) is 0 Å². The minimum Gasteiger partial charge on any atom is -0.491 e. The van der Waals surface area contributed by atoms with Gasteiger partial charge in [-0.2, -0.15) is 0 Å². The Bertz CT molecular complexity index is 391. The van der Waals surface area contributed by atoms with Gasteiger partial charge >= 0.3 is 0 Å². The highest BCUT2D eigenvalue weighted by Crippen LogP contribution is 2.22. The van der Waals surface area contributed by atoms with Crippen molar-refractivity contribution in [3.8, 4) is 5.75 Å². The van der Waals surface area contributed by atoms with Crippen LogP contribution in [-0.4, -0.2) is 31.1 Å². The van der Waals surface area contributed by atoms with Gasteiger partial charge in [-0.3, -0.25) is 0 Å².